The molecule has 0 aromatic carbocycles. The van der Waals surface area contributed by atoms with Crippen LogP contribution in [0.2, 0.25) is 0 Å². The molecule has 1 aliphatic carbocycles. The highest BCUT2D eigenvalue weighted by Crippen LogP contribution is 2.28. The van der Waals surface area contributed by atoms with E-state index < -0.39 is 10.0 Å². The molecular weight excluding hydrogens is 240 g/mol. The van der Waals surface area contributed by atoms with Crippen molar-refractivity contribution >= 4 is 10.0 Å². The first-order valence-corrected chi connectivity index (χ1v) is 7.42. The van der Waals surface area contributed by atoms with Gasteiger partial charge in [0, 0.05) is 0 Å². The van der Waals surface area contributed by atoms with Crippen LogP contribution in [0.15, 0.2) is 21.6 Å². The van der Waals surface area contributed by atoms with Gasteiger partial charge in [-0.15, -0.1) is 0 Å². The van der Waals surface area contributed by atoms with Crippen molar-refractivity contribution in [3.05, 3.63) is 17.9 Å². The number of primary sulfonamides is 1. The molecule has 0 saturated heterocycles. The number of furan rings is 1. The summed E-state index contributed by atoms with van der Waals surface area (Å²) in [6.07, 6.45) is 5.24. The van der Waals surface area contributed by atoms with Crippen molar-refractivity contribution in [3.8, 4) is 0 Å². The summed E-state index contributed by atoms with van der Waals surface area (Å²) in [5, 5.41) is 8.01. The van der Waals surface area contributed by atoms with Gasteiger partial charge in [0.1, 0.15) is 5.76 Å². The molecule has 1 fully saturated rings. The van der Waals surface area contributed by atoms with Gasteiger partial charge in [0.05, 0.1) is 6.54 Å². The predicted molar refractivity (Wildman–Crippen MR) is 63.7 cm³/mol. The molecule has 0 bridgehead atoms. The highest BCUT2D eigenvalue weighted by Gasteiger charge is 2.16. The van der Waals surface area contributed by atoms with Gasteiger partial charge in [0.15, 0.2) is 0 Å². The van der Waals surface area contributed by atoms with Crippen LogP contribution < -0.4 is 10.5 Å². The Labute approximate surface area is 101 Å². The fourth-order valence-corrected chi connectivity index (χ4v) is 2.39. The number of hydrogen-bond donors (Lipinski definition) is 2. The number of rotatable bonds is 6. The van der Waals surface area contributed by atoms with Gasteiger partial charge in [-0.1, -0.05) is 19.3 Å². The second kappa shape index (κ2) is 5.20. The molecule has 96 valence electrons. The van der Waals surface area contributed by atoms with Crippen molar-refractivity contribution in [2.75, 3.05) is 6.54 Å². The van der Waals surface area contributed by atoms with Crippen LogP contribution in [-0.4, -0.2) is 15.0 Å². The number of nitrogens with two attached hydrogens (primary N) is 1. The van der Waals surface area contributed by atoms with E-state index in [4.69, 9.17) is 9.56 Å². The van der Waals surface area contributed by atoms with Crippen LogP contribution in [0, 0.1) is 5.92 Å². The summed E-state index contributed by atoms with van der Waals surface area (Å²) in [5.74, 6) is 1.47. The van der Waals surface area contributed by atoms with Gasteiger partial charge in [-0.2, -0.15) is 0 Å². The second-order valence-electron chi connectivity index (χ2n) is 4.53. The van der Waals surface area contributed by atoms with E-state index in [2.05, 4.69) is 5.32 Å². The van der Waals surface area contributed by atoms with Crippen molar-refractivity contribution in [3.63, 3.8) is 0 Å². The molecule has 0 spiro atoms. The lowest BCUT2D eigenvalue weighted by Crippen LogP contribution is -2.20. The number of sulfonamides is 1. The molecule has 1 heterocycles. The molecular formula is C11H18N2O3S. The summed E-state index contributed by atoms with van der Waals surface area (Å²) in [7, 11) is -3.72. The summed E-state index contributed by atoms with van der Waals surface area (Å²) in [6, 6.07) is 3.02. The van der Waals surface area contributed by atoms with E-state index >= 15 is 0 Å². The minimum atomic E-state index is -3.72. The highest BCUT2D eigenvalue weighted by atomic mass is 32.2. The quantitative estimate of drug-likeness (QED) is 0.751. The fraction of sp³-hybridized carbons (Fsp3) is 0.636. The molecule has 0 unspecified atom stereocenters. The zero-order valence-electron chi connectivity index (χ0n) is 9.69. The first kappa shape index (κ1) is 12.6. The van der Waals surface area contributed by atoms with Crippen molar-refractivity contribution in [1.29, 1.82) is 0 Å². The monoisotopic (exact) mass is 258 g/mol. The molecule has 1 aromatic rings. The summed E-state index contributed by atoms with van der Waals surface area (Å²) in [6.45, 7) is 1.48. The van der Waals surface area contributed by atoms with Crippen LogP contribution in [0.3, 0.4) is 0 Å². The average Bonchev–Trinajstić information content (AvgIpc) is 2.62. The highest BCUT2D eigenvalue weighted by molar-refractivity contribution is 7.89. The molecule has 5 nitrogen and oxygen atoms in total. The molecule has 1 aliphatic rings. The summed E-state index contributed by atoms with van der Waals surface area (Å²) >= 11 is 0. The molecule has 3 N–H and O–H groups in total. The maximum absolute atomic E-state index is 11.0. The normalized spacial score (nSPS) is 17.0. The predicted octanol–water partition coefficient (Wildman–Crippen LogP) is 1.21. The van der Waals surface area contributed by atoms with Gasteiger partial charge in [-0.25, -0.2) is 13.6 Å². The summed E-state index contributed by atoms with van der Waals surface area (Å²) in [4.78, 5) is 0. The van der Waals surface area contributed by atoms with Crippen molar-refractivity contribution in [2.45, 2.75) is 37.3 Å². The third-order valence-corrected chi connectivity index (χ3v) is 3.95. The Kier molecular flexibility index (Phi) is 3.86. The van der Waals surface area contributed by atoms with Gasteiger partial charge in [-0.3, -0.25) is 0 Å². The minimum Gasteiger partial charge on any atom is -0.447 e. The molecule has 1 saturated carbocycles. The third-order valence-electron chi connectivity index (χ3n) is 3.17. The van der Waals surface area contributed by atoms with Crippen LogP contribution in [-0.2, 0) is 16.6 Å². The first-order valence-electron chi connectivity index (χ1n) is 5.88. The van der Waals surface area contributed by atoms with Gasteiger partial charge in [0.25, 0.3) is 10.0 Å². The van der Waals surface area contributed by atoms with Crippen molar-refractivity contribution in [1.82, 2.24) is 5.32 Å². The van der Waals surface area contributed by atoms with E-state index in [1.165, 1.54) is 31.7 Å². The lowest BCUT2D eigenvalue weighted by atomic mass is 9.83. The Bertz CT molecular complexity index is 463. The van der Waals surface area contributed by atoms with E-state index in [-0.39, 0.29) is 5.09 Å². The lowest BCUT2D eigenvalue weighted by molar-refractivity contribution is 0.290. The largest absolute Gasteiger partial charge is 0.447 e. The van der Waals surface area contributed by atoms with Crippen molar-refractivity contribution < 1.29 is 12.8 Å². The van der Waals surface area contributed by atoms with E-state index in [1.54, 1.807) is 6.07 Å². The zero-order chi connectivity index (χ0) is 12.3. The molecule has 0 radical (unpaired) electrons. The van der Waals surface area contributed by atoms with E-state index in [0.717, 1.165) is 12.5 Å². The standard InChI is InChI=1S/C11H18N2O3S/c12-17(14,15)11-5-4-10(16-11)8-13-7-6-9-2-1-3-9/h4-5,9,13H,1-3,6-8H2,(H2,12,14,15). The van der Waals surface area contributed by atoms with Crippen LogP contribution in [0.4, 0.5) is 0 Å². The van der Waals surface area contributed by atoms with Crippen LogP contribution in [0.25, 0.3) is 0 Å². The van der Waals surface area contributed by atoms with Gasteiger partial charge in [0.2, 0.25) is 5.09 Å². The lowest BCUT2D eigenvalue weighted by Gasteiger charge is -2.25. The van der Waals surface area contributed by atoms with Gasteiger partial charge in [-0.05, 0) is 31.0 Å². The van der Waals surface area contributed by atoms with Crippen LogP contribution >= 0.6 is 0 Å². The molecule has 0 atom stereocenters. The van der Waals surface area contributed by atoms with Crippen molar-refractivity contribution in [2.24, 2.45) is 11.1 Å². The molecule has 6 heteroatoms. The summed E-state index contributed by atoms with van der Waals surface area (Å²) in [5.41, 5.74) is 0. The van der Waals surface area contributed by atoms with E-state index in [0.29, 0.717) is 12.3 Å². The van der Waals surface area contributed by atoms with E-state index in [9.17, 15) is 8.42 Å². The maximum Gasteiger partial charge on any atom is 0.271 e. The average molecular weight is 258 g/mol. The smallest absolute Gasteiger partial charge is 0.271 e. The van der Waals surface area contributed by atoms with Crippen LogP contribution in [0.1, 0.15) is 31.4 Å². The Morgan fingerprint density at radius 3 is 2.71 bits per heavy atom. The second-order valence-corrected chi connectivity index (χ2v) is 6.02. The molecule has 17 heavy (non-hydrogen) atoms. The SMILES string of the molecule is NS(=O)(=O)c1ccc(CNCCC2CCC2)o1. The Balaban J connectivity index is 1.73. The topological polar surface area (TPSA) is 85.3 Å². The maximum atomic E-state index is 11.0. The number of nitrogens with one attached hydrogen (secondary N) is 1. The van der Waals surface area contributed by atoms with E-state index in [1.807, 2.05) is 0 Å². The zero-order valence-corrected chi connectivity index (χ0v) is 10.5. The van der Waals surface area contributed by atoms with Gasteiger partial charge < -0.3 is 9.73 Å². The minimum absolute atomic E-state index is 0.173. The molecule has 1 aromatic heterocycles. The Hall–Kier alpha value is -0.850. The summed E-state index contributed by atoms with van der Waals surface area (Å²) < 4.78 is 27.1. The first-order chi connectivity index (χ1) is 8.05. The third kappa shape index (κ3) is 3.55. The Morgan fingerprint density at radius 1 is 1.41 bits per heavy atom. The number of hydrogen-bond acceptors (Lipinski definition) is 4. The molecule has 2 rings (SSSR count). The molecule has 0 aliphatic heterocycles. The van der Waals surface area contributed by atoms with Gasteiger partial charge >= 0.3 is 0 Å². The molecule has 0 amide bonds. The fourth-order valence-electron chi connectivity index (χ4n) is 1.91. The Morgan fingerprint density at radius 2 is 2.18 bits per heavy atom. The van der Waals surface area contributed by atoms with Crippen LogP contribution in [0.5, 0.6) is 0 Å².